The number of carboxylic acid groups (broad SMARTS) is 1. The average molecular weight is 523 g/mol. The van der Waals surface area contributed by atoms with Gasteiger partial charge in [-0.05, 0) is 54.2 Å². The summed E-state index contributed by atoms with van der Waals surface area (Å²) in [6, 6.07) is 19.3. The summed E-state index contributed by atoms with van der Waals surface area (Å²) in [6.45, 7) is 4.36. The first kappa shape index (κ1) is 25.9. The number of carbonyl (C=O) groups is 2. The number of fused-ring (bicyclic) bond motifs is 1. The van der Waals surface area contributed by atoms with Crippen LogP contribution in [0.4, 0.5) is 0 Å². The molecule has 0 bridgehead atoms. The Morgan fingerprint density at radius 3 is 2.39 bits per heavy atom. The number of rotatable bonds is 10. The van der Waals surface area contributed by atoms with E-state index in [9.17, 15) is 9.59 Å². The first-order valence-corrected chi connectivity index (χ1v) is 12.8. The number of aromatic nitrogens is 2. The molecule has 4 aromatic rings. The molecule has 0 fully saturated rings. The van der Waals surface area contributed by atoms with E-state index < -0.39 is 5.97 Å². The third-order valence-corrected chi connectivity index (χ3v) is 6.79. The van der Waals surface area contributed by atoms with Gasteiger partial charge in [-0.2, -0.15) is 5.10 Å². The molecule has 0 spiro atoms. The molecule has 3 aromatic carbocycles. The normalized spacial score (nSPS) is 12.2. The molecule has 0 amide bonds. The highest BCUT2D eigenvalue weighted by atomic mass is 35.5. The number of carboxylic acids is 1. The molecule has 36 heavy (non-hydrogen) atoms. The summed E-state index contributed by atoms with van der Waals surface area (Å²) in [7, 11) is 0. The molecule has 0 aliphatic rings. The molecular formula is C29H28Cl2N2O3. The fraction of sp³-hybridized carbons (Fsp3) is 0.276. The van der Waals surface area contributed by atoms with Crippen LogP contribution in [0.1, 0.15) is 61.5 Å². The Morgan fingerprint density at radius 1 is 0.972 bits per heavy atom. The van der Waals surface area contributed by atoms with Crippen molar-refractivity contribution in [3.63, 3.8) is 0 Å². The van der Waals surface area contributed by atoms with E-state index in [1.165, 1.54) is 0 Å². The molecule has 0 radical (unpaired) electrons. The lowest BCUT2D eigenvalue weighted by Gasteiger charge is -2.21. The minimum absolute atomic E-state index is 0.00139. The van der Waals surface area contributed by atoms with E-state index in [1.54, 1.807) is 6.07 Å². The van der Waals surface area contributed by atoms with Crippen LogP contribution in [0, 0.1) is 5.92 Å². The van der Waals surface area contributed by atoms with Crippen molar-refractivity contribution in [3.05, 3.63) is 88.0 Å². The van der Waals surface area contributed by atoms with Crippen molar-refractivity contribution >= 4 is 45.9 Å². The predicted molar refractivity (Wildman–Crippen MR) is 145 cm³/mol. The number of aliphatic carboxylic acids is 1. The van der Waals surface area contributed by atoms with Gasteiger partial charge in [0.1, 0.15) is 0 Å². The maximum Gasteiger partial charge on any atom is 0.303 e. The molecule has 0 aliphatic heterocycles. The van der Waals surface area contributed by atoms with Gasteiger partial charge in [-0.1, -0.05) is 73.4 Å². The zero-order chi connectivity index (χ0) is 25.8. The first-order valence-electron chi connectivity index (χ1n) is 12.0. The molecule has 1 heterocycles. The quantitative estimate of drug-likeness (QED) is 0.213. The minimum Gasteiger partial charge on any atom is -0.481 e. The third-order valence-electron chi connectivity index (χ3n) is 6.24. The Morgan fingerprint density at radius 2 is 1.72 bits per heavy atom. The van der Waals surface area contributed by atoms with Crippen LogP contribution in [0.3, 0.4) is 0 Å². The smallest absolute Gasteiger partial charge is 0.303 e. The van der Waals surface area contributed by atoms with E-state index in [1.807, 2.05) is 53.3 Å². The van der Waals surface area contributed by atoms with E-state index in [2.05, 4.69) is 26.0 Å². The molecule has 0 saturated carbocycles. The summed E-state index contributed by atoms with van der Waals surface area (Å²) in [6.07, 6.45) is 3.32. The minimum atomic E-state index is -0.885. The Bertz CT molecular complexity index is 1390. The van der Waals surface area contributed by atoms with E-state index in [4.69, 9.17) is 33.4 Å². The molecule has 5 nitrogen and oxygen atoms in total. The number of ketones is 1. The zero-order valence-electron chi connectivity index (χ0n) is 20.2. The summed E-state index contributed by atoms with van der Waals surface area (Å²) < 4.78 is 2.05. The second-order valence-electron chi connectivity index (χ2n) is 9.42. The molecule has 1 unspecified atom stereocenters. The van der Waals surface area contributed by atoms with Crippen LogP contribution < -0.4 is 0 Å². The summed E-state index contributed by atoms with van der Waals surface area (Å²) in [5.41, 5.74) is 4.60. The van der Waals surface area contributed by atoms with Crippen molar-refractivity contribution in [2.45, 2.75) is 45.6 Å². The van der Waals surface area contributed by atoms with Gasteiger partial charge in [0.2, 0.25) is 0 Å². The largest absolute Gasteiger partial charge is 0.481 e. The lowest BCUT2D eigenvalue weighted by Crippen LogP contribution is -2.15. The number of nitrogens with zero attached hydrogens (tertiary/aromatic N) is 2. The monoisotopic (exact) mass is 522 g/mol. The molecule has 7 heteroatoms. The second kappa shape index (κ2) is 11.3. The molecule has 1 atom stereocenters. The second-order valence-corrected chi connectivity index (χ2v) is 10.3. The standard InChI is InChI=1S/C29H28Cl2N2O3/c1-18(2)14-27(19-6-8-20(9-7-19)28(34)4-3-5-29(35)36)33-26-13-10-21(15-22(26)17-32-33)24-12-11-23(30)16-25(24)31/h6-13,15-18,27H,3-5,14H2,1-2H3,(H,35,36). The van der Waals surface area contributed by atoms with Crippen LogP contribution in [-0.2, 0) is 4.79 Å². The Hall–Kier alpha value is -3.15. The molecule has 1 N–H and O–H groups in total. The van der Waals surface area contributed by atoms with Gasteiger partial charge >= 0.3 is 5.97 Å². The van der Waals surface area contributed by atoms with Crippen molar-refractivity contribution in [1.29, 1.82) is 0 Å². The van der Waals surface area contributed by atoms with Crippen molar-refractivity contribution in [1.82, 2.24) is 9.78 Å². The van der Waals surface area contributed by atoms with Crippen molar-refractivity contribution < 1.29 is 14.7 Å². The topological polar surface area (TPSA) is 72.2 Å². The van der Waals surface area contributed by atoms with Crippen LogP contribution in [0.5, 0.6) is 0 Å². The zero-order valence-corrected chi connectivity index (χ0v) is 21.8. The summed E-state index contributed by atoms with van der Waals surface area (Å²) in [5, 5.41) is 15.8. The maximum atomic E-state index is 12.5. The fourth-order valence-corrected chi connectivity index (χ4v) is 4.97. The van der Waals surface area contributed by atoms with E-state index in [0.717, 1.165) is 34.0 Å². The highest BCUT2D eigenvalue weighted by molar-refractivity contribution is 6.36. The van der Waals surface area contributed by atoms with Crippen LogP contribution in [0.25, 0.3) is 22.0 Å². The van der Waals surface area contributed by atoms with Crippen LogP contribution in [0.15, 0.2) is 66.9 Å². The van der Waals surface area contributed by atoms with Crippen LogP contribution >= 0.6 is 23.2 Å². The summed E-state index contributed by atoms with van der Waals surface area (Å²) >= 11 is 12.5. The molecule has 186 valence electrons. The maximum absolute atomic E-state index is 12.5. The Labute approximate surface area is 220 Å². The van der Waals surface area contributed by atoms with Gasteiger partial charge in [-0.15, -0.1) is 0 Å². The van der Waals surface area contributed by atoms with Crippen molar-refractivity contribution in [2.75, 3.05) is 0 Å². The molecular weight excluding hydrogens is 495 g/mol. The number of hydrogen-bond donors (Lipinski definition) is 1. The van der Waals surface area contributed by atoms with E-state index in [0.29, 0.717) is 27.9 Å². The highest BCUT2D eigenvalue weighted by Crippen LogP contribution is 2.34. The summed E-state index contributed by atoms with van der Waals surface area (Å²) in [5.74, 6) is -0.496. The van der Waals surface area contributed by atoms with E-state index in [-0.39, 0.29) is 24.7 Å². The van der Waals surface area contributed by atoms with Gasteiger partial charge in [0.15, 0.2) is 5.78 Å². The molecule has 0 saturated heterocycles. The van der Waals surface area contributed by atoms with Crippen molar-refractivity contribution in [3.8, 4) is 11.1 Å². The van der Waals surface area contributed by atoms with Gasteiger partial charge in [0, 0.05) is 39.4 Å². The van der Waals surface area contributed by atoms with Gasteiger partial charge < -0.3 is 5.11 Å². The van der Waals surface area contributed by atoms with E-state index >= 15 is 0 Å². The predicted octanol–water partition coefficient (Wildman–Crippen LogP) is 8.08. The third kappa shape index (κ3) is 5.97. The Balaban J connectivity index is 1.62. The fourth-order valence-electron chi connectivity index (χ4n) is 4.45. The average Bonchev–Trinajstić information content (AvgIpc) is 3.25. The SMILES string of the molecule is CC(C)CC(c1ccc(C(=O)CCCC(=O)O)cc1)n1ncc2cc(-c3ccc(Cl)cc3Cl)ccc21. The first-order chi connectivity index (χ1) is 17.2. The number of Topliss-reactive ketones (excluding diaryl/α,β-unsaturated/α-hetero) is 1. The molecule has 1 aromatic heterocycles. The van der Waals surface area contributed by atoms with Gasteiger partial charge in [0.25, 0.3) is 0 Å². The van der Waals surface area contributed by atoms with Gasteiger partial charge in [-0.25, -0.2) is 0 Å². The Kier molecular flexibility index (Phi) is 8.12. The van der Waals surface area contributed by atoms with Crippen molar-refractivity contribution in [2.24, 2.45) is 5.92 Å². The number of carbonyl (C=O) groups excluding carboxylic acids is 1. The number of hydrogen-bond acceptors (Lipinski definition) is 3. The molecule has 4 rings (SSSR count). The van der Waals surface area contributed by atoms with Crippen LogP contribution in [0.2, 0.25) is 10.0 Å². The lowest BCUT2D eigenvalue weighted by molar-refractivity contribution is -0.137. The van der Waals surface area contributed by atoms with Crippen LogP contribution in [-0.4, -0.2) is 26.6 Å². The highest BCUT2D eigenvalue weighted by Gasteiger charge is 2.20. The number of halogens is 2. The lowest BCUT2D eigenvalue weighted by atomic mass is 9.95. The molecule has 0 aliphatic carbocycles. The van der Waals surface area contributed by atoms with Gasteiger partial charge in [-0.3, -0.25) is 14.3 Å². The van der Waals surface area contributed by atoms with Gasteiger partial charge in [0.05, 0.1) is 17.8 Å². The summed E-state index contributed by atoms with van der Waals surface area (Å²) in [4.78, 5) is 23.2. The number of benzene rings is 3.